The molecule has 0 fully saturated rings. The average molecular weight is 219 g/mol. The molecule has 0 atom stereocenters. The summed E-state index contributed by atoms with van der Waals surface area (Å²) in [5.41, 5.74) is 2.28. The molecule has 1 amide bonds. The first kappa shape index (κ1) is 11.2. The lowest BCUT2D eigenvalue weighted by molar-refractivity contribution is -0.109. The summed E-state index contributed by atoms with van der Waals surface area (Å²) in [7, 11) is -0.874. The van der Waals surface area contributed by atoms with Crippen LogP contribution >= 0.6 is 0 Å². The number of hydrogen-bond acceptors (Lipinski definition) is 3. The molecular weight excluding hydrogens is 205 g/mol. The second-order valence-corrected chi connectivity index (χ2v) is 4.40. The van der Waals surface area contributed by atoms with Crippen molar-refractivity contribution < 1.29 is 14.5 Å². The van der Waals surface area contributed by atoms with Gasteiger partial charge in [-0.3, -0.25) is 4.79 Å². The maximum absolute atomic E-state index is 10.2. The molecule has 0 aromatic heterocycles. The van der Waals surface area contributed by atoms with Crippen LogP contribution in [0, 0.1) is 0 Å². The first-order chi connectivity index (χ1) is 7.54. The normalized spacial score (nSPS) is 17.1. The highest BCUT2D eigenvalue weighted by Crippen LogP contribution is 2.29. The maximum atomic E-state index is 10.2. The third-order valence-electron chi connectivity index (χ3n) is 2.83. The molecule has 0 saturated heterocycles. The summed E-state index contributed by atoms with van der Waals surface area (Å²) in [4.78, 5) is 10.2. The number of hydrogen-bond donors (Lipinski definition) is 2. The topological polar surface area (TPSA) is 58.6 Å². The lowest BCUT2D eigenvalue weighted by Gasteiger charge is -2.19. The van der Waals surface area contributed by atoms with Gasteiger partial charge in [0, 0.05) is 6.54 Å². The maximum Gasteiger partial charge on any atom is 0.492 e. The van der Waals surface area contributed by atoms with E-state index < -0.39 is 12.7 Å². The first-order valence-electron chi connectivity index (χ1n) is 5.21. The van der Waals surface area contributed by atoms with E-state index in [4.69, 9.17) is 4.65 Å². The number of rotatable bonds is 3. The van der Waals surface area contributed by atoms with Crippen LogP contribution in [0.3, 0.4) is 0 Å². The van der Waals surface area contributed by atoms with Gasteiger partial charge in [-0.25, -0.2) is 0 Å². The summed E-state index contributed by atoms with van der Waals surface area (Å²) in [6.07, 6.45) is 0.657. The zero-order chi connectivity index (χ0) is 11.8. The molecule has 84 valence electrons. The lowest BCUT2D eigenvalue weighted by atomic mass is 9.77. The Hall–Kier alpha value is -1.33. The molecule has 0 unspecified atom stereocenters. The Balaban J connectivity index is 2.33. The summed E-state index contributed by atoms with van der Waals surface area (Å²) in [6, 6.07) is 5.73. The Labute approximate surface area is 94.8 Å². The van der Waals surface area contributed by atoms with Gasteiger partial charge >= 0.3 is 7.12 Å². The molecule has 2 N–H and O–H groups in total. The Morgan fingerprint density at radius 3 is 3.00 bits per heavy atom. The molecule has 1 aliphatic heterocycles. The van der Waals surface area contributed by atoms with E-state index in [2.05, 4.69) is 5.32 Å². The second kappa shape index (κ2) is 3.92. The van der Waals surface area contributed by atoms with Crippen LogP contribution in [0.1, 0.15) is 25.0 Å². The van der Waals surface area contributed by atoms with Crippen LogP contribution in [0.2, 0.25) is 0 Å². The minimum absolute atomic E-state index is 0.453. The summed E-state index contributed by atoms with van der Waals surface area (Å²) >= 11 is 0. The molecule has 0 aliphatic carbocycles. The Morgan fingerprint density at radius 2 is 2.31 bits per heavy atom. The van der Waals surface area contributed by atoms with Crippen LogP contribution in [0.5, 0.6) is 0 Å². The SMILES string of the molecule is CC1(C)OB(O)c2cc(CNC=O)ccc21. The van der Waals surface area contributed by atoms with Gasteiger partial charge in [0.15, 0.2) is 0 Å². The Kier molecular flexibility index (Phi) is 2.74. The molecular formula is C11H14BNO3. The van der Waals surface area contributed by atoms with E-state index >= 15 is 0 Å². The lowest BCUT2D eigenvalue weighted by Crippen LogP contribution is -2.29. The summed E-state index contributed by atoms with van der Waals surface area (Å²) < 4.78 is 5.44. The van der Waals surface area contributed by atoms with E-state index in [1.54, 1.807) is 0 Å². The van der Waals surface area contributed by atoms with E-state index in [0.29, 0.717) is 13.0 Å². The van der Waals surface area contributed by atoms with Gasteiger partial charge in [-0.2, -0.15) is 0 Å². The third-order valence-corrected chi connectivity index (χ3v) is 2.83. The van der Waals surface area contributed by atoms with Gasteiger partial charge in [0.05, 0.1) is 5.60 Å². The molecule has 1 heterocycles. The van der Waals surface area contributed by atoms with Crippen molar-refractivity contribution in [3.8, 4) is 0 Å². The summed E-state index contributed by atoms with van der Waals surface area (Å²) in [5, 5.41) is 12.3. The second-order valence-electron chi connectivity index (χ2n) is 4.40. The van der Waals surface area contributed by atoms with E-state index in [-0.39, 0.29) is 0 Å². The molecule has 0 radical (unpaired) electrons. The molecule has 0 bridgehead atoms. The van der Waals surface area contributed by atoms with Crippen molar-refractivity contribution in [2.75, 3.05) is 0 Å². The number of nitrogens with one attached hydrogen (secondary N) is 1. The molecule has 16 heavy (non-hydrogen) atoms. The van der Waals surface area contributed by atoms with Crippen LogP contribution in [-0.2, 0) is 21.6 Å². The van der Waals surface area contributed by atoms with Crippen molar-refractivity contribution in [2.45, 2.75) is 26.0 Å². The third kappa shape index (κ3) is 1.84. The zero-order valence-corrected chi connectivity index (χ0v) is 9.36. The molecule has 0 saturated carbocycles. The van der Waals surface area contributed by atoms with Gasteiger partial charge in [-0.05, 0) is 30.4 Å². The van der Waals surface area contributed by atoms with Crippen molar-refractivity contribution >= 4 is 19.0 Å². The summed E-state index contributed by atoms with van der Waals surface area (Å²) in [6.45, 7) is 4.31. The zero-order valence-electron chi connectivity index (χ0n) is 9.36. The Morgan fingerprint density at radius 1 is 1.56 bits per heavy atom. The average Bonchev–Trinajstić information content (AvgIpc) is 2.46. The van der Waals surface area contributed by atoms with Gasteiger partial charge in [-0.1, -0.05) is 18.2 Å². The summed E-state index contributed by atoms with van der Waals surface area (Å²) in [5.74, 6) is 0. The fourth-order valence-electron chi connectivity index (χ4n) is 2.04. The minimum Gasteiger partial charge on any atom is -0.423 e. The van der Waals surface area contributed by atoms with Crippen LogP contribution in [0.25, 0.3) is 0 Å². The molecule has 2 rings (SSSR count). The smallest absolute Gasteiger partial charge is 0.423 e. The number of carbonyl (C=O) groups excluding carboxylic acids is 1. The van der Waals surface area contributed by atoms with Gasteiger partial charge in [0.1, 0.15) is 0 Å². The van der Waals surface area contributed by atoms with Crippen molar-refractivity contribution in [3.63, 3.8) is 0 Å². The van der Waals surface area contributed by atoms with E-state index in [9.17, 15) is 9.82 Å². The van der Waals surface area contributed by atoms with Crippen molar-refractivity contribution in [1.82, 2.24) is 5.32 Å². The molecule has 1 aromatic carbocycles. The molecule has 5 heteroatoms. The quantitative estimate of drug-likeness (QED) is 0.550. The predicted molar refractivity (Wildman–Crippen MR) is 61.1 cm³/mol. The highest BCUT2D eigenvalue weighted by atomic mass is 16.5. The molecule has 1 aromatic rings. The van der Waals surface area contributed by atoms with E-state index in [0.717, 1.165) is 16.6 Å². The van der Waals surface area contributed by atoms with Gasteiger partial charge < -0.3 is 15.0 Å². The van der Waals surface area contributed by atoms with Crippen molar-refractivity contribution in [2.24, 2.45) is 0 Å². The van der Waals surface area contributed by atoms with Crippen LogP contribution in [-0.4, -0.2) is 18.6 Å². The van der Waals surface area contributed by atoms with Gasteiger partial charge in [0.25, 0.3) is 0 Å². The van der Waals surface area contributed by atoms with E-state index in [1.165, 1.54) is 0 Å². The number of benzene rings is 1. The Bertz CT molecular complexity index is 420. The number of carbonyl (C=O) groups is 1. The fourth-order valence-corrected chi connectivity index (χ4v) is 2.04. The highest BCUT2D eigenvalue weighted by molar-refractivity contribution is 6.62. The number of fused-ring (bicyclic) bond motifs is 1. The van der Waals surface area contributed by atoms with Crippen molar-refractivity contribution in [1.29, 1.82) is 0 Å². The highest BCUT2D eigenvalue weighted by Gasteiger charge is 2.40. The minimum atomic E-state index is -0.874. The monoisotopic (exact) mass is 219 g/mol. The predicted octanol–water partition coefficient (Wildman–Crippen LogP) is -0.115. The molecule has 4 nitrogen and oxygen atoms in total. The standard InChI is InChI=1S/C11H14BNO3/c1-11(2)9-4-3-8(6-13-7-14)5-10(9)12(15)16-11/h3-5,7,15H,6H2,1-2H3,(H,13,14). The van der Waals surface area contributed by atoms with Crippen LogP contribution < -0.4 is 10.8 Å². The van der Waals surface area contributed by atoms with Crippen molar-refractivity contribution in [3.05, 3.63) is 29.3 Å². The number of amides is 1. The molecule has 0 spiro atoms. The largest absolute Gasteiger partial charge is 0.492 e. The van der Waals surface area contributed by atoms with Crippen LogP contribution in [0.4, 0.5) is 0 Å². The fraction of sp³-hybridized carbons (Fsp3) is 0.364. The van der Waals surface area contributed by atoms with Gasteiger partial charge in [0.2, 0.25) is 6.41 Å². The van der Waals surface area contributed by atoms with Crippen LogP contribution in [0.15, 0.2) is 18.2 Å². The molecule has 1 aliphatic rings. The van der Waals surface area contributed by atoms with E-state index in [1.807, 2.05) is 32.0 Å². The first-order valence-corrected chi connectivity index (χ1v) is 5.21. The van der Waals surface area contributed by atoms with Gasteiger partial charge in [-0.15, -0.1) is 0 Å².